The van der Waals surface area contributed by atoms with Crippen molar-refractivity contribution in [3.63, 3.8) is 0 Å². The molecule has 1 saturated carbocycles. The predicted molar refractivity (Wildman–Crippen MR) is 106 cm³/mol. The zero-order valence-electron chi connectivity index (χ0n) is 17.8. The van der Waals surface area contributed by atoms with Gasteiger partial charge in [-0.15, -0.1) is 0 Å². The quantitative estimate of drug-likeness (QED) is 0.757. The Kier molecular flexibility index (Phi) is 5.66. The smallest absolute Gasteiger partial charge is 0.276 e. The summed E-state index contributed by atoms with van der Waals surface area (Å²) < 4.78 is 10.5. The monoisotopic (exact) mass is 404 g/mol. The van der Waals surface area contributed by atoms with E-state index in [-0.39, 0.29) is 23.1 Å². The van der Waals surface area contributed by atoms with Crippen LogP contribution in [0.5, 0.6) is 0 Å². The molecule has 160 valence electrons. The van der Waals surface area contributed by atoms with Crippen LogP contribution in [-0.4, -0.2) is 85.1 Å². The highest BCUT2D eigenvalue weighted by molar-refractivity contribution is 5.95. The average Bonchev–Trinajstić information content (AvgIpc) is 3.43. The summed E-state index contributed by atoms with van der Waals surface area (Å²) in [5.41, 5.74) is 0.938. The lowest BCUT2D eigenvalue weighted by molar-refractivity contribution is -0.139. The van der Waals surface area contributed by atoms with Gasteiger partial charge in [-0.2, -0.15) is 0 Å². The molecule has 0 aromatic carbocycles. The number of hydrogen-bond acceptors (Lipinski definition) is 6. The molecule has 0 N–H and O–H groups in total. The molecule has 1 aromatic heterocycles. The molecule has 4 rings (SSSR count). The van der Waals surface area contributed by atoms with Crippen LogP contribution in [0.2, 0.25) is 0 Å². The number of likely N-dealkylation sites (N-methyl/N-ethyl adjacent to an activating group) is 1. The van der Waals surface area contributed by atoms with E-state index in [2.05, 4.69) is 17.1 Å². The third-order valence-electron chi connectivity index (χ3n) is 7.12. The summed E-state index contributed by atoms with van der Waals surface area (Å²) in [6, 6.07) is 0. The zero-order chi connectivity index (χ0) is 20.6. The number of rotatable bonds is 4. The highest BCUT2D eigenvalue weighted by Crippen LogP contribution is 2.50. The van der Waals surface area contributed by atoms with E-state index in [0.29, 0.717) is 36.7 Å². The molecule has 0 bridgehead atoms. The van der Waals surface area contributed by atoms with Gasteiger partial charge < -0.3 is 24.0 Å². The number of aryl methyl sites for hydroxylation is 1. The molecule has 3 heterocycles. The summed E-state index contributed by atoms with van der Waals surface area (Å²) in [4.78, 5) is 32.9. The molecule has 1 unspecified atom stereocenters. The first-order valence-corrected chi connectivity index (χ1v) is 10.7. The number of nitrogens with zero attached hydrogens (tertiary/aromatic N) is 4. The van der Waals surface area contributed by atoms with Crippen LogP contribution < -0.4 is 0 Å². The standard InChI is InChI=1S/C21H32N4O4/c1-15-16(13-28-3)18(22-29-15)20(27)25-12-17(21(14-25)6-4-5-7-21)19(26)24-10-8-23(2)9-11-24/h17H,4-14H2,1-3H3. The number of ether oxygens (including phenoxy) is 1. The number of carbonyl (C=O) groups is 2. The minimum atomic E-state index is -0.145. The summed E-state index contributed by atoms with van der Waals surface area (Å²) >= 11 is 0. The minimum Gasteiger partial charge on any atom is -0.380 e. The van der Waals surface area contributed by atoms with Gasteiger partial charge in [0.2, 0.25) is 5.91 Å². The third kappa shape index (κ3) is 3.68. The molecule has 2 amide bonds. The summed E-state index contributed by atoms with van der Waals surface area (Å²) in [5, 5.41) is 4.01. The van der Waals surface area contributed by atoms with E-state index in [4.69, 9.17) is 9.26 Å². The van der Waals surface area contributed by atoms with Crippen molar-refractivity contribution in [2.45, 2.75) is 39.2 Å². The van der Waals surface area contributed by atoms with Crippen molar-refractivity contribution in [3.05, 3.63) is 17.0 Å². The van der Waals surface area contributed by atoms with Crippen LogP contribution in [0.25, 0.3) is 0 Å². The fourth-order valence-electron chi connectivity index (χ4n) is 5.32. The summed E-state index contributed by atoms with van der Waals surface area (Å²) in [6.07, 6.45) is 4.30. The molecule has 29 heavy (non-hydrogen) atoms. The lowest BCUT2D eigenvalue weighted by Gasteiger charge is -2.37. The number of likely N-dealkylation sites (tertiary alicyclic amines) is 1. The highest BCUT2D eigenvalue weighted by Gasteiger charge is 2.53. The van der Waals surface area contributed by atoms with Crippen molar-refractivity contribution in [1.29, 1.82) is 0 Å². The SMILES string of the molecule is COCc1c(C(=O)N2CC(C(=O)N3CCN(C)CC3)C3(CCCC3)C2)noc1C. The number of aromatic nitrogens is 1. The molecule has 8 heteroatoms. The van der Waals surface area contributed by atoms with E-state index in [9.17, 15) is 9.59 Å². The third-order valence-corrected chi connectivity index (χ3v) is 7.12. The number of carbonyl (C=O) groups excluding carboxylic acids is 2. The van der Waals surface area contributed by atoms with Crippen molar-refractivity contribution in [2.75, 3.05) is 53.4 Å². The molecule has 1 atom stereocenters. The Morgan fingerprint density at radius 3 is 2.52 bits per heavy atom. The first-order valence-electron chi connectivity index (χ1n) is 10.7. The fourth-order valence-corrected chi connectivity index (χ4v) is 5.32. The van der Waals surface area contributed by atoms with Gasteiger partial charge in [0.1, 0.15) is 5.76 Å². The molecular weight excluding hydrogens is 372 g/mol. The summed E-state index contributed by atoms with van der Waals surface area (Å²) in [5.74, 6) is 0.573. The second kappa shape index (κ2) is 8.07. The van der Waals surface area contributed by atoms with Gasteiger partial charge in [-0.05, 0) is 26.8 Å². The van der Waals surface area contributed by atoms with Gasteiger partial charge in [0, 0.05) is 51.8 Å². The molecule has 2 aliphatic heterocycles. The van der Waals surface area contributed by atoms with Crippen LogP contribution in [-0.2, 0) is 16.1 Å². The van der Waals surface area contributed by atoms with Crippen molar-refractivity contribution in [1.82, 2.24) is 19.9 Å². The van der Waals surface area contributed by atoms with Crippen molar-refractivity contribution in [3.8, 4) is 0 Å². The number of piperazine rings is 1. The number of methoxy groups -OCH3 is 1. The lowest BCUT2D eigenvalue weighted by atomic mass is 9.76. The second-order valence-electron chi connectivity index (χ2n) is 8.94. The van der Waals surface area contributed by atoms with Gasteiger partial charge >= 0.3 is 0 Å². The van der Waals surface area contributed by atoms with Gasteiger partial charge in [0.05, 0.1) is 18.1 Å². The van der Waals surface area contributed by atoms with Crippen LogP contribution >= 0.6 is 0 Å². The molecule has 1 aliphatic carbocycles. The van der Waals surface area contributed by atoms with Crippen molar-refractivity contribution in [2.24, 2.45) is 11.3 Å². The summed E-state index contributed by atoms with van der Waals surface area (Å²) in [7, 11) is 3.68. The molecule has 3 aliphatic rings. The minimum absolute atomic E-state index is 0.0870. The van der Waals surface area contributed by atoms with Crippen LogP contribution in [0, 0.1) is 18.3 Å². The molecular formula is C21H32N4O4. The number of hydrogen-bond donors (Lipinski definition) is 0. The first-order chi connectivity index (χ1) is 13.9. The number of amides is 2. The van der Waals surface area contributed by atoms with E-state index in [1.807, 2.05) is 9.80 Å². The van der Waals surface area contributed by atoms with E-state index in [0.717, 1.165) is 51.9 Å². The van der Waals surface area contributed by atoms with Gasteiger partial charge in [-0.1, -0.05) is 18.0 Å². The predicted octanol–water partition coefficient (Wildman–Crippen LogP) is 1.54. The van der Waals surface area contributed by atoms with Crippen LogP contribution in [0.15, 0.2) is 4.52 Å². The highest BCUT2D eigenvalue weighted by atomic mass is 16.5. The topological polar surface area (TPSA) is 79.1 Å². The van der Waals surface area contributed by atoms with E-state index < -0.39 is 0 Å². The molecule has 2 saturated heterocycles. The van der Waals surface area contributed by atoms with Crippen molar-refractivity contribution < 1.29 is 18.8 Å². The average molecular weight is 405 g/mol. The van der Waals surface area contributed by atoms with Gasteiger partial charge in [0.25, 0.3) is 5.91 Å². The Morgan fingerprint density at radius 1 is 1.17 bits per heavy atom. The Labute approximate surface area is 172 Å². The normalized spacial score (nSPS) is 24.6. The largest absolute Gasteiger partial charge is 0.380 e. The Balaban J connectivity index is 1.55. The van der Waals surface area contributed by atoms with Crippen LogP contribution in [0.3, 0.4) is 0 Å². The molecule has 1 aromatic rings. The van der Waals surface area contributed by atoms with E-state index in [1.54, 1.807) is 14.0 Å². The van der Waals surface area contributed by atoms with Crippen molar-refractivity contribution >= 4 is 11.8 Å². The Bertz CT molecular complexity index is 763. The maximum absolute atomic E-state index is 13.5. The Hall–Kier alpha value is -1.93. The zero-order valence-corrected chi connectivity index (χ0v) is 17.8. The molecule has 0 radical (unpaired) electrons. The molecule has 1 spiro atoms. The first kappa shape index (κ1) is 20.3. The van der Waals surface area contributed by atoms with Crippen LogP contribution in [0.1, 0.15) is 47.5 Å². The maximum Gasteiger partial charge on any atom is 0.276 e. The van der Waals surface area contributed by atoms with Gasteiger partial charge in [-0.25, -0.2) is 0 Å². The lowest BCUT2D eigenvalue weighted by Crippen LogP contribution is -2.51. The van der Waals surface area contributed by atoms with Gasteiger partial charge in [0.15, 0.2) is 5.69 Å². The van der Waals surface area contributed by atoms with E-state index >= 15 is 0 Å². The second-order valence-corrected chi connectivity index (χ2v) is 8.94. The van der Waals surface area contributed by atoms with Crippen LogP contribution in [0.4, 0.5) is 0 Å². The van der Waals surface area contributed by atoms with E-state index in [1.165, 1.54) is 0 Å². The van der Waals surface area contributed by atoms with Gasteiger partial charge in [-0.3, -0.25) is 9.59 Å². The molecule has 8 nitrogen and oxygen atoms in total. The fraction of sp³-hybridized carbons (Fsp3) is 0.762. The maximum atomic E-state index is 13.5. The molecule has 3 fully saturated rings. The summed E-state index contributed by atoms with van der Waals surface area (Å²) in [6.45, 7) is 6.56. The Morgan fingerprint density at radius 2 is 1.86 bits per heavy atom.